The molecule has 0 aromatic carbocycles. The van der Waals surface area contributed by atoms with Crippen molar-refractivity contribution in [3.63, 3.8) is 0 Å². The van der Waals surface area contributed by atoms with Gasteiger partial charge in [-0.1, -0.05) is 0 Å². The summed E-state index contributed by atoms with van der Waals surface area (Å²) >= 11 is 0. The molecule has 0 aliphatic rings. The van der Waals surface area contributed by atoms with Crippen LogP contribution in [0.4, 0.5) is 13.2 Å². The van der Waals surface area contributed by atoms with Gasteiger partial charge in [0.15, 0.2) is 6.10 Å². The fourth-order valence-corrected chi connectivity index (χ4v) is 1.66. The second-order valence-electron chi connectivity index (χ2n) is 4.16. The van der Waals surface area contributed by atoms with Gasteiger partial charge in [-0.05, 0) is 20.9 Å². The minimum Gasteiger partial charge on any atom is -0.382 e. The molecule has 1 atom stereocenters. The summed E-state index contributed by atoms with van der Waals surface area (Å²) in [6.07, 6.45) is -6.94. The van der Waals surface area contributed by atoms with Crippen LogP contribution in [0.1, 0.15) is 18.6 Å². The lowest BCUT2D eigenvalue weighted by molar-refractivity contribution is -0.207. The quantitative estimate of drug-likeness (QED) is 0.862. The average Bonchev–Trinajstić information content (AvgIpc) is 2.57. The molecule has 0 aliphatic heterocycles. The van der Waals surface area contributed by atoms with Crippen molar-refractivity contribution >= 4 is 0 Å². The third-order valence-corrected chi connectivity index (χ3v) is 2.60. The highest BCUT2D eigenvalue weighted by Crippen LogP contribution is 2.20. The van der Waals surface area contributed by atoms with Crippen LogP contribution in [0.15, 0.2) is 0 Å². The van der Waals surface area contributed by atoms with Gasteiger partial charge in [0, 0.05) is 13.1 Å². The monoisotopic (exact) mass is 266 g/mol. The first-order valence-corrected chi connectivity index (χ1v) is 5.57. The van der Waals surface area contributed by atoms with Crippen LogP contribution in [0, 0.1) is 6.92 Å². The Morgan fingerprint density at radius 2 is 2.00 bits per heavy atom. The van der Waals surface area contributed by atoms with Crippen LogP contribution < -0.4 is 0 Å². The molecule has 18 heavy (non-hydrogen) atoms. The summed E-state index contributed by atoms with van der Waals surface area (Å²) < 4.78 is 38.4. The molecule has 0 aliphatic carbocycles. The van der Waals surface area contributed by atoms with Gasteiger partial charge < -0.3 is 9.67 Å². The molecule has 0 bridgehead atoms. The van der Waals surface area contributed by atoms with Crippen molar-refractivity contribution in [2.24, 2.45) is 0 Å². The SMILES string of the molecule is CCn1c(C)nnc1CN(C)CC(O)C(F)(F)F. The molecule has 1 unspecified atom stereocenters. The Hall–Kier alpha value is -1.15. The first-order chi connectivity index (χ1) is 8.25. The maximum Gasteiger partial charge on any atom is 0.415 e. The summed E-state index contributed by atoms with van der Waals surface area (Å²) in [6.45, 7) is 4.07. The van der Waals surface area contributed by atoms with E-state index in [2.05, 4.69) is 10.2 Å². The van der Waals surface area contributed by atoms with Crippen molar-refractivity contribution in [1.82, 2.24) is 19.7 Å². The molecule has 104 valence electrons. The highest BCUT2D eigenvalue weighted by atomic mass is 19.4. The van der Waals surface area contributed by atoms with E-state index in [9.17, 15) is 13.2 Å². The summed E-state index contributed by atoms with van der Waals surface area (Å²) in [5.74, 6) is 1.31. The molecule has 0 saturated heterocycles. The van der Waals surface area contributed by atoms with Gasteiger partial charge in [0.25, 0.3) is 0 Å². The maximum atomic E-state index is 12.2. The van der Waals surface area contributed by atoms with Gasteiger partial charge >= 0.3 is 6.18 Å². The lowest BCUT2D eigenvalue weighted by Crippen LogP contribution is -2.39. The van der Waals surface area contributed by atoms with E-state index in [1.165, 1.54) is 11.9 Å². The molecule has 8 heteroatoms. The number of aliphatic hydroxyl groups excluding tert-OH is 1. The Kier molecular flexibility index (Phi) is 4.69. The Balaban J connectivity index is 2.62. The first-order valence-electron chi connectivity index (χ1n) is 5.57. The molecule has 0 amide bonds. The second kappa shape index (κ2) is 5.66. The number of aromatic nitrogens is 3. The van der Waals surface area contributed by atoms with Crippen LogP contribution in [-0.2, 0) is 13.1 Å². The lowest BCUT2D eigenvalue weighted by atomic mass is 10.3. The molecule has 1 aromatic rings. The summed E-state index contributed by atoms with van der Waals surface area (Å²) in [5.41, 5.74) is 0. The van der Waals surface area contributed by atoms with Crippen molar-refractivity contribution in [2.75, 3.05) is 13.6 Å². The van der Waals surface area contributed by atoms with Gasteiger partial charge in [-0.25, -0.2) is 0 Å². The van der Waals surface area contributed by atoms with Crippen molar-refractivity contribution in [1.29, 1.82) is 0 Å². The number of aryl methyl sites for hydroxylation is 1. The predicted molar refractivity (Wildman–Crippen MR) is 58.8 cm³/mol. The molecular formula is C10H17F3N4O. The van der Waals surface area contributed by atoms with E-state index in [1.807, 2.05) is 11.5 Å². The molecule has 0 saturated carbocycles. The smallest absolute Gasteiger partial charge is 0.382 e. The van der Waals surface area contributed by atoms with Crippen LogP contribution in [0.5, 0.6) is 0 Å². The standard InChI is InChI=1S/C10H17F3N4O/c1-4-17-7(2)14-15-9(17)6-16(3)5-8(18)10(11,12)13/h8,18H,4-6H2,1-3H3. The van der Waals surface area contributed by atoms with Crippen LogP contribution in [-0.4, -0.2) is 50.6 Å². The number of likely N-dealkylation sites (N-methyl/N-ethyl adjacent to an activating group) is 1. The highest BCUT2D eigenvalue weighted by Gasteiger charge is 2.38. The molecule has 5 nitrogen and oxygen atoms in total. The lowest BCUT2D eigenvalue weighted by Gasteiger charge is -2.21. The Labute approximate surface area is 103 Å². The molecule has 1 rings (SSSR count). The molecule has 0 radical (unpaired) electrons. The number of rotatable bonds is 5. The number of nitrogens with zero attached hydrogens (tertiary/aromatic N) is 4. The zero-order chi connectivity index (χ0) is 13.9. The third kappa shape index (κ3) is 3.67. The molecule has 0 fully saturated rings. The maximum absolute atomic E-state index is 12.2. The molecule has 1 N–H and O–H groups in total. The van der Waals surface area contributed by atoms with Gasteiger partial charge in [-0.3, -0.25) is 4.90 Å². The second-order valence-corrected chi connectivity index (χ2v) is 4.16. The van der Waals surface area contributed by atoms with Crippen LogP contribution in [0.2, 0.25) is 0 Å². The van der Waals surface area contributed by atoms with E-state index in [1.54, 1.807) is 6.92 Å². The van der Waals surface area contributed by atoms with Gasteiger partial charge in [0.05, 0.1) is 6.54 Å². The number of aliphatic hydroxyl groups is 1. The van der Waals surface area contributed by atoms with E-state index >= 15 is 0 Å². The van der Waals surface area contributed by atoms with Crippen LogP contribution in [0.25, 0.3) is 0 Å². The topological polar surface area (TPSA) is 54.2 Å². The Morgan fingerprint density at radius 1 is 1.39 bits per heavy atom. The number of halogens is 3. The van der Waals surface area contributed by atoms with Gasteiger partial charge in [-0.2, -0.15) is 13.2 Å². The van der Waals surface area contributed by atoms with Crippen LogP contribution >= 0.6 is 0 Å². The van der Waals surface area contributed by atoms with Crippen molar-refractivity contribution in [3.05, 3.63) is 11.6 Å². The van der Waals surface area contributed by atoms with Gasteiger partial charge in [0.1, 0.15) is 11.6 Å². The minimum absolute atomic E-state index is 0.210. The molecule has 0 spiro atoms. The Morgan fingerprint density at radius 3 is 2.50 bits per heavy atom. The first kappa shape index (κ1) is 14.9. The fraction of sp³-hybridized carbons (Fsp3) is 0.800. The van der Waals surface area contributed by atoms with Crippen molar-refractivity contribution in [2.45, 2.75) is 39.2 Å². The summed E-state index contributed by atoms with van der Waals surface area (Å²) in [7, 11) is 1.50. The van der Waals surface area contributed by atoms with E-state index in [0.29, 0.717) is 12.4 Å². The Bertz CT molecular complexity index is 391. The van der Waals surface area contributed by atoms with E-state index in [4.69, 9.17) is 5.11 Å². The predicted octanol–water partition coefficient (Wildman–Crippen LogP) is 0.961. The van der Waals surface area contributed by atoms with E-state index in [0.717, 1.165) is 5.82 Å². The van der Waals surface area contributed by atoms with Gasteiger partial charge in [0.2, 0.25) is 0 Å². The summed E-state index contributed by atoms with van der Waals surface area (Å²) in [6, 6.07) is 0. The molecule has 1 aromatic heterocycles. The minimum atomic E-state index is -4.59. The number of hydrogen-bond acceptors (Lipinski definition) is 4. The van der Waals surface area contributed by atoms with Crippen molar-refractivity contribution in [3.8, 4) is 0 Å². The number of hydrogen-bond donors (Lipinski definition) is 1. The number of alkyl halides is 3. The highest BCUT2D eigenvalue weighted by molar-refractivity contribution is 4.93. The summed E-state index contributed by atoms with van der Waals surface area (Å²) in [5, 5.41) is 16.7. The van der Waals surface area contributed by atoms with Crippen LogP contribution in [0.3, 0.4) is 0 Å². The molecule has 1 heterocycles. The van der Waals surface area contributed by atoms with E-state index < -0.39 is 18.8 Å². The third-order valence-electron chi connectivity index (χ3n) is 2.60. The largest absolute Gasteiger partial charge is 0.415 e. The summed E-state index contributed by atoms with van der Waals surface area (Å²) in [4.78, 5) is 1.37. The van der Waals surface area contributed by atoms with E-state index in [-0.39, 0.29) is 6.54 Å². The van der Waals surface area contributed by atoms with Crippen molar-refractivity contribution < 1.29 is 18.3 Å². The normalized spacial score (nSPS) is 14.2. The zero-order valence-electron chi connectivity index (χ0n) is 10.6. The zero-order valence-corrected chi connectivity index (χ0v) is 10.6. The fourth-order valence-electron chi connectivity index (χ4n) is 1.66. The van der Waals surface area contributed by atoms with Gasteiger partial charge in [-0.15, -0.1) is 10.2 Å². The molecular weight excluding hydrogens is 249 g/mol. The average molecular weight is 266 g/mol.